The largest absolute Gasteiger partial charge is 0.478 e. The van der Waals surface area contributed by atoms with Gasteiger partial charge in [0.15, 0.2) is 0 Å². The van der Waals surface area contributed by atoms with Crippen molar-refractivity contribution in [3.05, 3.63) is 103 Å². The SMILES string of the molecule is CCCC(=CC(=O)O)CCC.c1ccc(N(c2ccccc2)c2ccccc2)cc1. The Bertz CT molecular complexity index is 788. The normalized spacial score (nSPS) is 9.80. The van der Waals surface area contributed by atoms with Gasteiger partial charge in [0.25, 0.3) is 0 Å². The number of hydrogen-bond donors (Lipinski definition) is 1. The maximum atomic E-state index is 10.3. The first-order chi connectivity index (χ1) is 14.7. The zero-order valence-electron chi connectivity index (χ0n) is 17.9. The van der Waals surface area contributed by atoms with E-state index in [1.807, 2.05) is 18.2 Å². The first kappa shape index (κ1) is 23.0. The number of carboxylic acids is 1. The van der Waals surface area contributed by atoms with E-state index in [0.717, 1.165) is 31.3 Å². The molecule has 3 nitrogen and oxygen atoms in total. The highest BCUT2D eigenvalue weighted by molar-refractivity contribution is 5.80. The molecule has 0 aliphatic heterocycles. The molecule has 0 bridgehead atoms. The lowest BCUT2D eigenvalue weighted by molar-refractivity contribution is -0.131. The van der Waals surface area contributed by atoms with Crippen LogP contribution in [-0.4, -0.2) is 11.1 Å². The fourth-order valence-corrected chi connectivity index (χ4v) is 3.26. The molecule has 0 heterocycles. The minimum absolute atomic E-state index is 0.818. The average molecular weight is 402 g/mol. The molecule has 0 aliphatic carbocycles. The predicted molar refractivity (Wildman–Crippen MR) is 127 cm³/mol. The van der Waals surface area contributed by atoms with Crippen LogP contribution in [0.25, 0.3) is 0 Å². The van der Waals surface area contributed by atoms with Crippen molar-refractivity contribution in [2.45, 2.75) is 39.5 Å². The van der Waals surface area contributed by atoms with Crippen molar-refractivity contribution in [2.75, 3.05) is 4.90 Å². The highest BCUT2D eigenvalue weighted by atomic mass is 16.4. The lowest BCUT2D eigenvalue weighted by Crippen LogP contribution is -2.09. The number of carboxylic acid groups (broad SMARTS) is 1. The van der Waals surface area contributed by atoms with E-state index in [1.165, 1.54) is 23.1 Å². The van der Waals surface area contributed by atoms with E-state index >= 15 is 0 Å². The van der Waals surface area contributed by atoms with Crippen molar-refractivity contribution in [3.8, 4) is 0 Å². The van der Waals surface area contributed by atoms with E-state index < -0.39 is 5.97 Å². The topological polar surface area (TPSA) is 40.5 Å². The zero-order valence-corrected chi connectivity index (χ0v) is 17.9. The van der Waals surface area contributed by atoms with Crippen molar-refractivity contribution in [2.24, 2.45) is 0 Å². The molecule has 0 spiro atoms. The molecule has 0 unspecified atom stereocenters. The van der Waals surface area contributed by atoms with Crippen LogP contribution in [0.5, 0.6) is 0 Å². The summed E-state index contributed by atoms with van der Waals surface area (Å²) in [7, 11) is 0. The van der Waals surface area contributed by atoms with E-state index in [2.05, 4.69) is 91.5 Å². The smallest absolute Gasteiger partial charge is 0.328 e. The maximum Gasteiger partial charge on any atom is 0.328 e. The molecule has 0 amide bonds. The van der Waals surface area contributed by atoms with Gasteiger partial charge in [-0.3, -0.25) is 0 Å². The van der Waals surface area contributed by atoms with Gasteiger partial charge < -0.3 is 10.0 Å². The first-order valence-corrected chi connectivity index (χ1v) is 10.5. The summed E-state index contributed by atoms with van der Waals surface area (Å²) in [6.45, 7) is 4.12. The minimum atomic E-state index is -0.818. The summed E-state index contributed by atoms with van der Waals surface area (Å²) in [6, 6.07) is 31.3. The second-order valence-electron chi connectivity index (χ2n) is 6.98. The molecular weight excluding hydrogens is 370 g/mol. The number of nitrogens with zero attached hydrogens (tertiary/aromatic N) is 1. The molecule has 0 atom stereocenters. The molecule has 156 valence electrons. The molecule has 0 aromatic heterocycles. The van der Waals surface area contributed by atoms with Crippen LogP contribution in [0.3, 0.4) is 0 Å². The first-order valence-electron chi connectivity index (χ1n) is 10.5. The van der Waals surface area contributed by atoms with E-state index in [0.29, 0.717) is 0 Å². The Kier molecular flexibility index (Phi) is 9.94. The van der Waals surface area contributed by atoms with Gasteiger partial charge >= 0.3 is 5.97 Å². The summed E-state index contributed by atoms with van der Waals surface area (Å²) >= 11 is 0. The summed E-state index contributed by atoms with van der Waals surface area (Å²) < 4.78 is 0. The van der Waals surface area contributed by atoms with Gasteiger partial charge in [-0.2, -0.15) is 0 Å². The van der Waals surface area contributed by atoms with Crippen molar-refractivity contribution in [3.63, 3.8) is 0 Å². The minimum Gasteiger partial charge on any atom is -0.478 e. The third-order valence-corrected chi connectivity index (χ3v) is 4.51. The van der Waals surface area contributed by atoms with Gasteiger partial charge in [0.2, 0.25) is 0 Å². The number of allylic oxidation sites excluding steroid dienone is 1. The molecule has 0 saturated heterocycles. The zero-order chi connectivity index (χ0) is 21.6. The lowest BCUT2D eigenvalue weighted by atomic mass is 10.1. The Balaban J connectivity index is 0.000000252. The number of para-hydroxylation sites is 3. The summed E-state index contributed by atoms with van der Waals surface area (Å²) in [5.74, 6) is -0.818. The summed E-state index contributed by atoms with van der Waals surface area (Å²) in [6.07, 6.45) is 5.23. The van der Waals surface area contributed by atoms with Gasteiger partial charge in [-0.15, -0.1) is 0 Å². The summed E-state index contributed by atoms with van der Waals surface area (Å²) in [4.78, 5) is 12.5. The number of carbonyl (C=O) groups is 1. The van der Waals surface area contributed by atoms with Gasteiger partial charge in [-0.05, 0) is 49.2 Å². The third-order valence-electron chi connectivity index (χ3n) is 4.51. The molecule has 0 radical (unpaired) electrons. The van der Waals surface area contributed by atoms with Crippen molar-refractivity contribution in [1.82, 2.24) is 0 Å². The van der Waals surface area contributed by atoms with Crippen LogP contribution in [0.15, 0.2) is 103 Å². The fraction of sp³-hybridized carbons (Fsp3) is 0.222. The molecule has 3 aromatic rings. The molecule has 0 fully saturated rings. The van der Waals surface area contributed by atoms with Crippen molar-refractivity contribution in [1.29, 1.82) is 0 Å². The second-order valence-corrected chi connectivity index (χ2v) is 6.98. The van der Waals surface area contributed by atoms with Gasteiger partial charge in [0.1, 0.15) is 0 Å². The Morgan fingerprint density at radius 1 is 0.700 bits per heavy atom. The predicted octanol–water partition coefficient (Wildman–Crippen LogP) is 7.75. The molecule has 3 heteroatoms. The van der Waals surface area contributed by atoms with Crippen LogP contribution in [0, 0.1) is 0 Å². The van der Waals surface area contributed by atoms with E-state index in [9.17, 15) is 4.79 Å². The molecule has 3 rings (SSSR count). The van der Waals surface area contributed by atoms with Crippen LogP contribution in [0.1, 0.15) is 39.5 Å². The number of aliphatic carboxylic acids is 1. The Labute approximate surface area is 180 Å². The fourth-order valence-electron chi connectivity index (χ4n) is 3.26. The molecule has 3 aromatic carbocycles. The lowest BCUT2D eigenvalue weighted by Gasteiger charge is -2.25. The molecule has 1 N–H and O–H groups in total. The van der Waals surface area contributed by atoms with Gasteiger partial charge in [0.05, 0.1) is 0 Å². The van der Waals surface area contributed by atoms with Gasteiger partial charge in [0, 0.05) is 23.1 Å². The van der Waals surface area contributed by atoms with Crippen LogP contribution in [0.2, 0.25) is 0 Å². The number of anilines is 3. The summed E-state index contributed by atoms with van der Waals surface area (Å²) in [5, 5.41) is 8.46. The number of hydrogen-bond acceptors (Lipinski definition) is 2. The standard InChI is InChI=1S/C18H15N.C9H16O2/c1-4-10-16(11-5-1)19(17-12-6-2-7-13-17)18-14-8-3-9-15-18;1-3-5-8(6-4-2)7-9(10)11/h1-15H;7H,3-6H2,1-2H3,(H,10,11). The van der Waals surface area contributed by atoms with Crippen LogP contribution in [-0.2, 0) is 4.79 Å². The average Bonchev–Trinajstić information content (AvgIpc) is 2.77. The second kappa shape index (κ2) is 13.0. The highest BCUT2D eigenvalue weighted by Crippen LogP contribution is 2.33. The Morgan fingerprint density at radius 3 is 1.30 bits per heavy atom. The number of benzene rings is 3. The molecule has 0 saturated carbocycles. The van der Waals surface area contributed by atoms with E-state index in [-0.39, 0.29) is 0 Å². The summed E-state index contributed by atoms with van der Waals surface area (Å²) in [5.41, 5.74) is 4.56. The Hall–Kier alpha value is -3.33. The maximum absolute atomic E-state index is 10.3. The number of rotatable bonds is 8. The molecular formula is C27H31NO2. The van der Waals surface area contributed by atoms with Crippen LogP contribution < -0.4 is 4.90 Å². The van der Waals surface area contributed by atoms with Crippen molar-refractivity contribution < 1.29 is 9.90 Å². The highest BCUT2D eigenvalue weighted by Gasteiger charge is 2.10. The Morgan fingerprint density at radius 2 is 1.03 bits per heavy atom. The van der Waals surface area contributed by atoms with Gasteiger partial charge in [-0.25, -0.2) is 4.79 Å². The van der Waals surface area contributed by atoms with Gasteiger partial charge in [-0.1, -0.05) is 86.9 Å². The van der Waals surface area contributed by atoms with E-state index in [4.69, 9.17) is 5.11 Å². The quantitative estimate of drug-likeness (QED) is 0.392. The van der Waals surface area contributed by atoms with Crippen LogP contribution in [0.4, 0.5) is 17.1 Å². The van der Waals surface area contributed by atoms with Crippen LogP contribution >= 0.6 is 0 Å². The van der Waals surface area contributed by atoms with Crippen molar-refractivity contribution >= 4 is 23.0 Å². The molecule has 30 heavy (non-hydrogen) atoms. The third kappa shape index (κ3) is 7.59. The monoisotopic (exact) mass is 401 g/mol. The molecule has 0 aliphatic rings. The van der Waals surface area contributed by atoms with E-state index in [1.54, 1.807) is 0 Å².